The molecule has 96 valence electrons. The van der Waals surface area contributed by atoms with E-state index in [1.165, 1.54) is 6.07 Å². The van der Waals surface area contributed by atoms with E-state index in [0.29, 0.717) is 18.8 Å². The molecule has 7 heteroatoms. The van der Waals surface area contributed by atoms with Gasteiger partial charge in [0.15, 0.2) is 5.69 Å². The van der Waals surface area contributed by atoms with E-state index in [4.69, 9.17) is 5.73 Å². The maximum absolute atomic E-state index is 11.3. The lowest BCUT2D eigenvalue weighted by Gasteiger charge is -2.30. The summed E-state index contributed by atoms with van der Waals surface area (Å²) in [5.41, 5.74) is 5.21. The first-order valence-corrected chi connectivity index (χ1v) is 5.70. The second-order valence-electron chi connectivity index (χ2n) is 4.32. The van der Waals surface area contributed by atoms with Crippen LogP contribution in [0.4, 0.5) is 5.82 Å². The first-order chi connectivity index (χ1) is 8.56. The van der Waals surface area contributed by atoms with Crippen molar-refractivity contribution < 1.29 is 9.59 Å². The summed E-state index contributed by atoms with van der Waals surface area (Å²) >= 11 is 0. The van der Waals surface area contributed by atoms with E-state index in [9.17, 15) is 9.59 Å². The molecule has 0 bridgehead atoms. The fourth-order valence-corrected chi connectivity index (χ4v) is 1.88. The molecule has 1 aliphatic rings. The molecule has 0 aliphatic carbocycles. The summed E-state index contributed by atoms with van der Waals surface area (Å²) in [6.07, 6.45) is 1.30. The number of primary amides is 1. The van der Waals surface area contributed by atoms with Gasteiger partial charge in [-0.25, -0.2) is 0 Å². The Hall–Kier alpha value is -2.18. The lowest BCUT2D eigenvalue weighted by Crippen LogP contribution is -2.43. The van der Waals surface area contributed by atoms with Gasteiger partial charge in [-0.3, -0.25) is 9.59 Å². The van der Waals surface area contributed by atoms with Crippen LogP contribution >= 0.6 is 0 Å². The number of amides is 2. The van der Waals surface area contributed by atoms with Crippen molar-refractivity contribution in [3.63, 3.8) is 0 Å². The minimum atomic E-state index is -0.600. The Labute approximate surface area is 104 Å². The number of piperidine rings is 1. The van der Waals surface area contributed by atoms with Crippen LogP contribution in [-0.4, -0.2) is 46.5 Å². The normalized spacial score (nSPS) is 19.7. The Morgan fingerprint density at radius 3 is 2.83 bits per heavy atom. The van der Waals surface area contributed by atoms with Gasteiger partial charge in [0, 0.05) is 26.1 Å². The molecule has 0 radical (unpaired) electrons. The third-order valence-electron chi connectivity index (χ3n) is 2.90. The fourth-order valence-electron chi connectivity index (χ4n) is 1.88. The second-order valence-corrected chi connectivity index (χ2v) is 4.32. The molecule has 2 heterocycles. The van der Waals surface area contributed by atoms with Crippen LogP contribution in [0.1, 0.15) is 23.3 Å². The van der Waals surface area contributed by atoms with Gasteiger partial charge in [-0.2, -0.15) is 0 Å². The van der Waals surface area contributed by atoms with Crippen molar-refractivity contribution in [3.8, 4) is 0 Å². The number of aromatic nitrogens is 2. The summed E-state index contributed by atoms with van der Waals surface area (Å²) in [5, 5.41) is 10.8. The third-order valence-corrected chi connectivity index (χ3v) is 2.90. The molecule has 3 N–H and O–H groups in total. The Bertz CT molecular complexity index is 459. The van der Waals surface area contributed by atoms with Crippen molar-refractivity contribution in [3.05, 3.63) is 17.8 Å². The SMILES string of the molecule is CN1CC(Nc2ccc(C(N)=O)nn2)CCC1=O. The molecule has 1 aliphatic heterocycles. The van der Waals surface area contributed by atoms with Crippen molar-refractivity contribution >= 4 is 17.6 Å². The fraction of sp³-hybridized carbons (Fsp3) is 0.455. The second kappa shape index (κ2) is 4.99. The van der Waals surface area contributed by atoms with Gasteiger partial charge >= 0.3 is 0 Å². The van der Waals surface area contributed by atoms with Crippen LogP contribution in [0.25, 0.3) is 0 Å². The lowest BCUT2D eigenvalue weighted by atomic mass is 10.1. The number of hydrogen-bond donors (Lipinski definition) is 2. The minimum absolute atomic E-state index is 0.136. The summed E-state index contributed by atoms with van der Waals surface area (Å²) in [7, 11) is 1.78. The first-order valence-electron chi connectivity index (χ1n) is 5.70. The van der Waals surface area contributed by atoms with Crippen molar-refractivity contribution in [2.24, 2.45) is 5.73 Å². The highest BCUT2D eigenvalue weighted by molar-refractivity contribution is 5.90. The largest absolute Gasteiger partial charge is 0.364 e. The number of nitrogens with zero attached hydrogens (tertiary/aromatic N) is 3. The smallest absolute Gasteiger partial charge is 0.269 e. The summed E-state index contributed by atoms with van der Waals surface area (Å²) < 4.78 is 0. The molecule has 18 heavy (non-hydrogen) atoms. The van der Waals surface area contributed by atoms with Crippen LogP contribution in [0, 0.1) is 0 Å². The number of likely N-dealkylation sites (N-methyl/N-ethyl adjacent to an activating group) is 1. The van der Waals surface area contributed by atoms with E-state index in [0.717, 1.165) is 6.42 Å². The Morgan fingerprint density at radius 1 is 1.50 bits per heavy atom. The summed E-state index contributed by atoms with van der Waals surface area (Å²) in [4.78, 5) is 23.9. The highest BCUT2D eigenvalue weighted by Gasteiger charge is 2.22. The third kappa shape index (κ3) is 2.73. The first kappa shape index (κ1) is 12.3. The molecule has 1 atom stereocenters. The van der Waals surface area contributed by atoms with Gasteiger partial charge in [-0.15, -0.1) is 10.2 Å². The van der Waals surface area contributed by atoms with Crippen LogP contribution in [0.5, 0.6) is 0 Å². The van der Waals surface area contributed by atoms with Crippen LogP contribution in [0.3, 0.4) is 0 Å². The van der Waals surface area contributed by atoms with Crippen LogP contribution in [0.15, 0.2) is 12.1 Å². The minimum Gasteiger partial charge on any atom is -0.364 e. The topological polar surface area (TPSA) is 101 Å². The molecule has 0 saturated carbocycles. The number of nitrogens with one attached hydrogen (secondary N) is 1. The maximum atomic E-state index is 11.3. The number of likely N-dealkylation sites (tertiary alicyclic amines) is 1. The monoisotopic (exact) mass is 249 g/mol. The predicted octanol–water partition coefficient (Wildman–Crippen LogP) is -0.392. The van der Waals surface area contributed by atoms with Gasteiger partial charge in [0.1, 0.15) is 5.82 Å². The van der Waals surface area contributed by atoms with Crippen LogP contribution in [-0.2, 0) is 4.79 Å². The molecule has 1 fully saturated rings. The van der Waals surface area contributed by atoms with E-state index in [2.05, 4.69) is 15.5 Å². The summed E-state index contributed by atoms with van der Waals surface area (Å²) in [6, 6.07) is 3.33. The van der Waals surface area contributed by atoms with E-state index in [1.807, 2.05) is 0 Å². The summed E-state index contributed by atoms with van der Waals surface area (Å²) in [5.74, 6) is 0.132. The average Bonchev–Trinajstić information content (AvgIpc) is 2.34. The van der Waals surface area contributed by atoms with Gasteiger partial charge in [0.25, 0.3) is 5.91 Å². The molecule has 1 unspecified atom stereocenters. The van der Waals surface area contributed by atoms with Gasteiger partial charge in [-0.05, 0) is 18.6 Å². The molecule has 7 nitrogen and oxygen atoms in total. The highest BCUT2D eigenvalue weighted by atomic mass is 16.2. The number of anilines is 1. The van der Waals surface area contributed by atoms with Gasteiger partial charge in [0.2, 0.25) is 5.91 Å². The lowest BCUT2D eigenvalue weighted by molar-refractivity contribution is -0.132. The molecular formula is C11H15N5O2. The van der Waals surface area contributed by atoms with Crippen LogP contribution in [0.2, 0.25) is 0 Å². The molecule has 1 saturated heterocycles. The van der Waals surface area contributed by atoms with Crippen molar-refractivity contribution in [1.82, 2.24) is 15.1 Å². The number of nitrogens with two attached hydrogens (primary N) is 1. The van der Waals surface area contributed by atoms with Crippen molar-refractivity contribution in [2.75, 3.05) is 18.9 Å². The Kier molecular flexibility index (Phi) is 3.40. The van der Waals surface area contributed by atoms with Crippen molar-refractivity contribution in [1.29, 1.82) is 0 Å². The zero-order chi connectivity index (χ0) is 13.1. The quantitative estimate of drug-likeness (QED) is 0.759. The number of hydrogen-bond acceptors (Lipinski definition) is 5. The Balaban J connectivity index is 1.97. The number of rotatable bonds is 3. The molecule has 2 rings (SSSR count). The molecule has 2 amide bonds. The number of carbonyl (C=O) groups is 2. The van der Waals surface area contributed by atoms with Crippen molar-refractivity contribution in [2.45, 2.75) is 18.9 Å². The van der Waals surface area contributed by atoms with E-state index in [1.54, 1.807) is 18.0 Å². The highest BCUT2D eigenvalue weighted by Crippen LogP contribution is 2.14. The molecular weight excluding hydrogens is 234 g/mol. The van der Waals surface area contributed by atoms with Gasteiger partial charge < -0.3 is 16.0 Å². The standard InChI is InChI=1S/C11H15N5O2/c1-16-6-7(2-5-10(16)17)13-9-4-3-8(11(12)18)14-15-9/h3-4,7H,2,5-6H2,1H3,(H2,12,18)(H,13,15). The zero-order valence-electron chi connectivity index (χ0n) is 10.1. The summed E-state index contributed by atoms with van der Waals surface area (Å²) in [6.45, 7) is 0.637. The van der Waals surface area contributed by atoms with Crippen LogP contribution < -0.4 is 11.1 Å². The number of carbonyl (C=O) groups excluding carboxylic acids is 2. The molecule has 1 aromatic heterocycles. The zero-order valence-corrected chi connectivity index (χ0v) is 10.1. The predicted molar refractivity (Wildman–Crippen MR) is 64.8 cm³/mol. The molecule has 1 aromatic rings. The van der Waals surface area contributed by atoms with E-state index < -0.39 is 5.91 Å². The molecule has 0 aromatic carbocycles. The van der Waals surface area contributed by atoms with E-state index in [-0.39, 0.29) is 17.6 Å². The average molecular weight is 249 g/mol. The maximum Gasteiger partial charge on any atom is 0.269 e. The Morgan fingerprint density at radius 2 is 2.28 bits per heavy atom. The van der Waals surface area contributed by atoms with Gasteiger partial charge in [-0.1, -0.05) is 0 Å². The molecule has 0 spiro atoms. The van der Waals surface area contributed by atoms with E-state index >= 15 is 0 Å². The van der Waals surface area contributed by atoms with Gasteiger partial charge in [0.05, 0.1) is 0 Å².